The maximum atomic E-state index is 11.6. The minimum absolute atomic E-state index is 0.158. The molecule has 1 aliphatic heterocycles. The van der Waals surface area contributed by atoms with E-state index in [4.69, 9.17) is 9.47 Å². The first-order valence-corrected chi connectivity index (χ1v) is 5.06. The highest BCUT2D eigenvalue weighted by molar-refractivity contribution is 5.79. The van der Waals surface area contributed by atoms with Gasteiger partial charge in [0, 0.05) is 6.61 Å². The Labute approximate surface area is 78.4 Å². The minimum atomic E-state index is -0.643. The molecule has 3 heteroatoms. The van der Waals surface area contributed by atoms with Gasteiger partial charge in [-0.05, 0) is 39.0 Å². The lowest BCUT2D eigenvalue weighted by molar-refractivity contribution is -0.174. The first-order chi connectivity index (χ1) is 6.21. The van der Waals surface area contributed by atoms with Gasteiger partial charge in [-0.25, -0.2) is 4.79 Å². The molecule has 0 spiro atoms. The van der Waals surface area contributed by atoms with Gasteiger partial charge in [0.2, 0.25) is 0 Å². The molecule has 13 heavy (non-hydrogen) atoms. The Morgan fingerprint density at radius 1 is 1.46 bits per heavy atom. The van der Waals surface area contributed by atoms with Crippen LogP contribution in [0.25, 0.3) is 0 Å². The standard InChI is InChI=1S/C10H16O3/c1-10(6-3-7-12-10)9(11)13-8-4-2-5-8/h8H,2-7H2,1H3. The van der Waals surface area contributed by atoms with Gasteiger partial charge in [-0.2, -0.15) is 0 Å². The molecule has 1 saturated heterocycles. The van der Waals surface area contributed by atoms with Crippen LogP contribution in [0.1, 0.15) is 39.0 Å². The quantitative estimate of drug-likeness (QED) is 0.612. The largest absolute Gasteiger partial charge is 0.460 e. The third-order valence-electron chi connectivity index (χ3n) is 2.98. The van der Waals surface area contributed by atoms with Crippen molar-refractivity contribution < 1.29 is 14.3 Å². The summed E-state index contributed by atoms with van der Waals surface area (Å²) >= 11 is 0. The number of hydrogen-bond acceptors (Lipinski definition) is 3. The summed E-state index contributed by atoms with van der Waals surface area (Å²) in [5.74, 6) is -0.158. The molecule has 0 aromatic carbocycles. The summed E-state index contributed by atoms with van der Waals surface area (Å²) in [5, 5.41) is 0. The fraction of sp³-hybridized carbons (Fsp3) is 0.900. The van der Waals surface area contributed by atoms with Crippen LogP contribution in [0, 0.1) is 0 Å². The molecular formula is C10H16O3. The van der Waals surface area contributed by atoms with Gasteiger partial charge < -0.3 is 9.47 Å². The molecule has 2 aliphatic rings. The number of ether oxygens (including phenoxy) is 2. The van der Waals surface area contributed by atoms with Crippen molar-refractivity contribution in [1.82, 2.24) is 0 Å². The first kappa shape index (κ1) is 9.00. The van der Waals surface area contributed by atoms with Gasteiger partial charge in [0.15, 0.2) is 5.60 Å². The zero-order valence-electron chi connectivity index (χ0n) is 8.04. The second kappa shape index (κ2) is 3.29. The molecular weight excluding hydrogens is 168 g/mol. The SMILES string of the molecule is CC1(C(=O)OC2CCC2)CCCO1. The van der Waals surface area contributed by atoms with E-state index in [0.717, 1.165) is 25.7 Å². The highest BCUT2D eigenvalue weighted by atomic mass is 16.6. The van der Waals surface area contributed by atoms with Gasteiger partial charge in [0.05, 0.1) is 0 Å². The van der Waals surface area contributed by atoms with Crippen LogP contribution in [0.2, 0.25) is 0 Å². The molecule has 0 amide bonds. The Morgan fingerprint density at radius 2 is 2.23 bits per heavy atom. The van der Waals surface area contributed by atoms with Gasteiger partial charge in [0.25, 0.3) is 0 Å². The number of esters is 1. The maximum absolute atomic E-state index is 11.6. The molecule has 3 nitrogen and oxygen atoms in total. The number of carbonyl (C=O) groups excluding carboxylic acids is 1. The zero-order valence-corrected chi connectivity index (χ0v) is 8.04. The number of carbonyl (C=O) groups is 1. The smallest absolute Gasteiger partial charge is 0.338 e. The van der Waals surface area contributed by atoms with E-state index < -0.39 is 5.60 Å². The fourth-order valence-corrected chi connectivity index (χ4v) is 1.70. The van der Waals surface area contributed by atoms with E-state index in [9.17, 15) is 4.79 Å². The van der Waals surface area contributed by atoms with Crippen LogP contribution < -0.4 is 0 Å². The predicted octanol–water partition coefficient (Wildman–Crippen LogP) is 1.65. The number of hydrogen-bond donors (Lipinski definition) is 0. The van der Waals surface area contributed by atoms with Crippen LogP contribution in [-0.4, -0.2) is 24.3 Å². The van der Waals surface area contributed by atoms with Gasteiger partial charge in [-0.1, -0.05) is 0 Å². The first-order valence-electron chi connectivity index (χ1n) is 5.06. The summed E-state index contributed by atoms with van der Waals surface area (Å²) in [6.07, 6.45) is 5.20. The van der Waals surface area contributed by atoms with Gasteiger partial charge in [-0.15, -0.1) is 0 Å². The summed E-state index contributed by atoms with van der Waals surface area (Å²) in [5.41, 5.74) is -0.643. The molecule has 1 aliphatic carbocycles. The lowest BCUT2D eigenvalue weighted by atomic mass is 9.95. The fourth-order valence-electron chi connectivity index (χ4n) is 1.70. The predicted molar refractivity (Wildman–Crippen MR) is 47.3 cm³/mol. The second-order valence-corrected chi connectivity index (χ2v) is 4.14. The van der Waals surface area contributed by atoms with Crippen LogP contribution in [0.3, 0.4) is 0 Å². The monoisotopic (exact) mass is 184 g/mol. The van der Waals surface area contributed by atoms with Crippen molar-refractivity contribution in [2.24, 2.45) is 0 Å². The maximum Gasteiger partial charge on any atom is 0.338 e. The summed E-state index contributed by atoms with van der Waals surface area (Å²) in [6.45, 7) is 2.53. The highest BCUT2D eigenvalue weighted by Crippen LogP contribution is 2.30. The normalized spacial score (nSPS) is 34.2. The molecule has 2 fully saturated rings. The van der Waals surface area contributed by atoms with Crippen molar-refractivity contribution >= 4 is 5.97 Å². The van der Waals surface area contributed by atoms with E-state index >= 15 is 0 Å². The third-order valence-corrected chi connectivity index (χ3v) is 2.98. The van der Waals surface area contributed by atoms with E-state index in [1.54, 1.807) is 0 Å². The van der Waals surface area contributed by atoms with Crippen molar-refractivity contribution in [2.45, 2.75) is 50.7 Å². The Morgan fingerprint density at radius 3 is 2.69 bits per heavy atom. The lowest BCUT2D eigenvalue weighted by Crippen LogP contribution is -2.40. The summed E-state index contributed by atoms with van der Waals surface area (Å²) in [7, 11) is 0. The van der Waals surface area contributed by atoms with E-state index in [-0.39, 0.29) is 12.1 Å². The van der Waals surface area contributed by atoms with Crippen LogP contribution >= 0.6 is 0 Å². The van der Waals surface area contributed by atoms with Crippen molar-refractivity contribution in [3.8, 4) is 0 Å². The molecule has 1 saturated carbocycles. The highest BCUT2D eigenvalue weighted by Gasteiger charge is 2.41. The molecule has 74 valence electrons. The van der Waals surface area contributed by atoms with Crippen LogP contribution in [-0.2, 0) is 14.3 Å². The second-order valence-electron chi connectivity index (χ2n) is 4.14. The van der Waals surface area contributed by atoms with Gasteiger partial charge >= 0.3 is 5.97 Å². The molecule has 0 radical (unpaired) electrons. The summed E-state index contributed by atoms with van der Waals surface area (Å²) in [6, 6.07) is 0. The van der Waals surface area contributed by atoms with Crippen LogP contribution in [0.4, 0.5) is 0 Å². The van der Waals surface area contributed by atoms with Crippen molar-refractivity contribution in [2.75, 3.05) is 6.61 Å². The van der Waals surface area contributed by atoms with E-state index in [0.29, 0.717) is 6.61 Å². The number of rotatable bonds is 2. The third kappa shape index (κ3) is 1.70. The lowest BCUT2D eigenvalue weighted by Gasteiger charge is -2.29. The van der Waals surface area contributed by atoms with Crippen molar-refractivity contribution in [3.05, 3.63) is 0 Å². The van der Waals surface area contributed by atoms with Crippen molar-refractivity contribution in [3.63, 3.8) is 0 Å². The van der Waals surface area contributed by atoms with E-state index in [1.165, 1.54) is 6.42 Å². The van der Waals surface area contributed by atoms with Crippen LogP contribution in [0.5, 0.6) is 0 Å². The molecule has 1 atom stereocenters. The van der Waals surface area contributed by atoms with Crippen LogP contribution in [0.15, 0.2) is 0 Å². The summed E-state index contributed by atoms with van der Waals surface area (Å²) < 4.78 is 10.7. The Hall–Kier alpha value is -0.570. The van der Waals surface area contributed by atoms with Gasteiger partial charge in [-0.3, -0.25) is 0 Å². The van der Waals surface area contributed by atoms with E-state index in [2.05, 4.69) is 0 Å². The topological polar surface area (TPSA) is 35.5 Å². The molecule has 1 heterocycles. The Bertz CT molecular complexity index is 202. The molecule has 0 aromatic heterocycles. The van der Waals surface area contributed by atoms with Crippen molar-refractivity contribution in [1.29, 1.82) is 0 Å². The molecule has 0 bridgehead atoms. The molecule has 0 aromatic rings. The minimum Gasteiger partial charge on any atom is -0.460 e. The molecule has 0 N–H and O–H groups in total. The average molecular weight is 184 g/mol. The molecule has 2 rings (SSSR count). The Balaban J connectivity index is 1.87. The Kier molecular flexibility index (Phi) is 2.28. The average Bonchev–Trinajstić information content (AvgIpc) is 2.45. The van der Waals surface area contributed by atoms with E-state index in [1.807, 2.05) is 6.92 Å². The summed E-state index contributed by atoms with van der Waals surface area (Å²) in [4.78, 5) is 11.6. The zero-order chi connectivity index (χ0) is 9.31. The van der Waals surface area contributed by atoms with Gasteiger partial charge in [0.1, 0.15) is 6.10 Å². The molecule has 1 unspecified atom stereocenters.